The molecule has 2 heterocycles. The number of ether oxygens (including phenoxy) is 1. The van der Waals surface area contributed by atoms with E-state index >= 15 is 0 Å². The predicted molar refractivity (Wildman–Crippen MR) is 71.3 cm³/mol. The molecule has 0 aromatic carbocycles. The Morgan fingerprint density at radius 1 is 1.35 bits per heavy atom. The van der Waals surface area contributed by atoms with Crippen LogP contribution in [-0.4, -0.2) is 42.4 Å². The molecule has 3 nitrogen and oxygen atoms in total. The van der Waals surface area contributed by atoms with Crippen LogP contribution >= 0.6 is 15.9 Å². The van der Waals surface area contributed by atoms with Gasteiger partial charge in [-0.25, -0.2) is 0 Å². The highest BCUT2D eigenvalue weighted by Gasteiger charge is 2.29. The molecule has 2 rings (SSSR count). The van der Waals surface area contributed by atoms with Gasteiger partial charge in [-0.3, -0.25) is 4.79 Å². The zero-order chi connectivity index (χ0) is 12.1. The van der Waals surface area contributed by atoms with Crippen LogP contribution in [0.1, 0.15) is 32.1 Å². The largest absolute Gasteiger partial charge is 0.381 e. The van der Waals surface area contributed by atoms with Gasteiger partial charge in [-0.1, -0.05) is 15.9 Å². The second-order valence-corrected chi connectivity index (χ2v) is 5.98. The van der Waals surface area contributed by atoms with Crippen LogP contribution in [0.15, 0.2) is 0 Å². The Balaban J connectivity index is 1.85. The van der Waals surface area contributed by atoms with Gasteiger partial charge in [-0.05, 0) is 38.0 Å². The summed E-state index contributed by atoms with van der Waals surface area (Å²) in [6.07, 6.45) is 5.67. The predicted octanol–water partition coefficient (Wildman–Crippen LogP) is 2.44. The van der Waals surface area contributed by atoms with Crippen LogP contribution in [-0.2, 0) is 9.53 Å². The van der Waals surface area contributed by atoms with Gasteiger partial charge in [0.25, 0.3) is 0 Å². The number of nitrogens with zero attached hydrogens (tertiary/aromatic N) is 1. The Hall–Kier alpha value is -0.0900. The van der Waals surface area contributed by atoms with Crippen molar-refractivity contribution in [2.24, 2.45) is 11.8 Å². The van der Waals surface area contributed by atoms with Gasteiger partial charge in [0.2, 0.25) is 5.91 Å². The molecule has 0 N–H and O–H groups in total. The highest BCUT2D eigenvalue weighted by atomic mass is 79.9. The maximum atomic E-state index is 12.3. The molecule has 0 aliphatic carbocycles. The fourth-order valence-corrected chi connectivity index (χ4v) is 3.50. The molecule has 0 saturated carbocycles. The van der Waals surface area contributed by atoms with Gasteiger partial charge in [-0.2, -0.15) is 0 Å². The molecule has 2 saturated heterocycles. The number of hydrogen-bond acceptors (Lipinski definition) is 2. The summed E-state index contributed by atoms with van der Waals surface area (Å²) in [6, 6.07) is 0. The van der Waals surface area contributed by atoms with Crippen molar-refractivity contribution < 1.29 is 9.53 Å². The maximum absolute atomic E-state index is 12.3. The molecular formula is C13H22BrNO2. The molecule has 98 valence electrons. The topological polar surface area (TPSA) is 29.5 Å². The van der Waals surface area contributed by atoms with E-state index in [0.717, 1.165) is 44.3 Å². The second kappa shape index (κ2) is 6.74. The van der Waals surface area contributed by atoms with E-state index < -0.39 is 0 Å². The molecule has 17 heavy (non-hydrogen) atoms. The minimum atomic E-state index is 0.131. The van der Waals surface area contributed by atoms with Crippen LogP contribution in [0, 0.1) is 11.8 Å². The van der Waals surface area contributed by atoms with Crippen molar-refractivity contribution in [2.75, 3.05) is 31.6 Å². The summed E-state index contributed by atoms with van der Waals surface area (Å²) in [5, 5.41) is 1.05. The monoisotopic (exact) mass is 303 g/mol. The average Bonchev–Trinajstić information content (AvgIpc) is 2.40. The lowest BCUT2D eigenvalue weighted by Gasteiger charge is -2.35. The second-order valence-electron chi connectivity index (χ2n) is 5.18. The quantitative estimate of drug-likeness (QED) is 0.750. The highest BCUT2D eigenvalue weighted by Crippen LogP contribution is 2.24. The number of amides is 1. The number of piperidine rings is 1. The molecule has 2 atom stereocenters. The van der Waals surface area contributed by atoms with Crippen LogP contribution < -0.4 is 0 Å². The Labute approximate surface area is 112 Å². The molecular weight excluding hydrogens is 282 g/mol. The lowest BCUT2D eigenvalue weighted by molar-refractivity contribution is -0.141. The molecule has 2 aliphatic rings. The third-order valence-electron chi connectivity index (χ3n) is 3.86. The van der Waals surface area contributed by atoms with E-state index in [4.69, 9.17) is 4.74 Å². The maximum Gasteiger partial charge on any atom is 0.228 e. The normalized spacial score (nSPS) is 30.3. The minimum Gasteiger partial charge on any atom is -0.381 e. The molecule has 1 amide bonds. The van der Waals surface area contributed by atoms with E-state index in [9.17, 15) is 4.79 Å². The molecule has 4 heteroatoms. The minimum absolute atomic E-state index is 0.131. The molecule has 0 aromatic rings. The molecule has 0 spiro atoms. The molecule has 0 bridgehead atoms. The first kappa shape index (κ1) is 13.3. The highest BCUT2D eigenvalue weighted by molar-refractivity contribution is 9.09. The van der Waals surface area contributed by atoms with Crippen molar-refractivity contribution in [2.45, 2.75) is 32.1 Å². The van der Waals surface area contributed by atoms with Crippen molar-refractivity contribution in [1.29, 1.82) is 0 Å². The van der Waals surface area contributed by atoms with Crippen molar-refractivity contribution in [3.63, 3.8) is 0 Å². The zero-order valence-corrected chi connectivity index (χ0v) is 12.0. The van der Waals surface area contributed by atoms with Gasteiger partial charge in [-0.15, -0.1) is 0 Å². The van der Waals surface area contributed by atoms with Gasteiger partial charge in [0.1, 0.15) is 0 Å². The Morgan fingerprint density at radius 3 is 2.94 bits per heavy atom. The van der Waals surface area contributed by atoms with Gasteiger partial charge >= 0.3 is 0 Å². The summed E-state index contributed by atoms with van der Waals surface area (Å²) in [5.74, 6) is 1.16. The standard InChI is InChI=1S/C13H22BrNO2/c14-6-5-11-3-1-7-15(9-11)13(16)12-4-2-8-17-10-12/h11-12H,1-10H2. The van der Waals surface area contributed by atoms with Crippen molar-refractivity contribution in [3.8, 4) is 0 Å². The first-order chi connectivity index (χ1) is 8.31. The van der Waals surface area contributed by atoms with E-state index in [1.165, 1.54) is 12.8 Å². The van der Waals surface area contributed by atoms with E-state index in [2.05, 4.69) is 20.8 Å². The van der Waals surface area contributed by atoms with E-state index in [0.29, 0.717) is 18.4 Å². The van der Waals surface area contributed by atoms with Gasteiger partial charge in [0.05, 0.1) is 12.5 Å². The lowest BCUT2D eigenvalue weighted by atomic mass is 9.93. The third kappa shape index (κ3) is 3.68. The number of alkyl halides is 1. The number of carbonyl (C=O) groups is 1. The van der Waals surface area contributed by atoms with Crippen molar-refractivity contribution in [1.82, 2.24) is 4.90 Å². The van der Waals surface area contributed by atoms with Crippen LogP contribution in [0.25, 0.3) is 0 Å². The summed E-state index contributed by atoms with van der Waals surface area (Å²) in [5.41, 5.74) is 0. The van der Waals surface area contributed by atoms with Gasteiger partial charge in [0, 0.05) is 25.0 Å². The summed E-state index contributed by atoms with van der Waals surface area (Å²) < 4.78 is 5.41. The zero-order valence-electron chi connectivity index (χ0n) is 10.4. The van der Waals surface area contributed by atoms with Crippen LogP contribution in [0.5, 0.6) is 0 Å². The van der Waals surface area contributed by atoms with Crippen LogP contribution in [0.2, 0.25) is 0 Å². The molecule has 2 unspecified atom stereocenters. The summed E-state index contributed by atoms with van der Waals surface area (Å²) in [7, 11) is 0. The molecule has 2 aliphatic heterocycles. The van der Waals surface area contributed by atoms with Crippen molar-refractivity contribution in [3.05, 3.63) is 0 Å². The molecule has 0 radical (unpaired) electrons. The summed E-state index contributed by atoms with van der Waals surface area (Å²) in [6.45, 7) is 3.38. The summed E-state index contributed by atoms with van der Waals surface area (Å²) >= 11 is 3.50. The Bertz CT molecular complexity index is 252. The summed E-state index contributed by atoms with van der Waals surface area (Å²) in [4.78, 5) is 14.4. The fraction of sp³-hybridized carbons (Fsp3) is 0.923. The average molecular weight is 304 g/mol. The lowest BCUT2D eigenvalue weighted by Crippen LogP contribution is -2.45. The van der Waals surface area contributed by atoms with E-state index in [-0.39, 0.29) is 5.92 Å². The first-order valence-electron chi connectivity index (χ1n) is 6.73. The fourth-order valence-electron chi connectivity index (χ4n) is 2.85. The van der Waals surface area contributed by atoms with Crippen LogP contribution in [0.4, 0.5) is 0 Å². The first-order valence-corrected chi connectivity index (χ1v) is 7.86. The molecule has 2 fully saturated rings. The van der Waals surface area contributed by atoms with E-state index in [1.54, 1.807) is 0 Å². The smallest absolute Gasteiger partial charge is 0.228 e. The van der Waals surface area contributed by atoms with E-state index in [1.807, 2.05) is 0 Å². The van der Waals surface area contributed by atoms with Crippen molar-refractivity contribution >= 4 is 21.8 Å². The number of likely N-dealkylation sites (tertiary alicyclic amines) is 1. The number of carbonyl (C=O) groups excluding carboxylic acids is 1. The van der Waals surface area contributed by atoms with Crippen LogP contribution in [0.3, 0.4) is 0 Å². The van der Waals surface area contributed by atoms with Gasteiger partial charge < -0.3 is 9.64 Å². The van der Waals surface area contributed by atoms with Gasteiger partial charge in [0.15, 0.2) is 0 Å². The number of rotatable bonds is 3. The number of hydrogen-bond donors (Lipinski definition) is 0. The number of halogens is 1. The Morgan fingerprint density at radius 2 is 2.24 bits per heavy atom. The SMILES string of the molecule is O=C(C1CCCOC1)N1CCCC(CCBr)C1. The molecule has 0 aromatic heterocycles. The third-order valence-corrected chi connectivity index (χ3v) is 4.32. The Kier molecular flexibility index (Phi) is 5.29.